The van der Waals surface area contributed by atoms with Crippen LogP contribution in [0.15, 0.2) is 4.99 Å². The van der Waals surface area contributed by atoms with Crippen LogP contribution in [0.25, 0.3) is 0 Å². The lowest BCUT2D eigenvalue weighted by atomic mass is 9.98. The second-order valence-electron chi connectivity index (χ2n) is 6.00. The average Bonchev–Trinajstić information content (AvgIpc) is 2.24. The molecule has 1 aliphatic rings. The number of hydrogen-bond acceptors (Lipinski definition) is 2. The van der Waals surface area contributed by atoms with Gasteiger partial charge in [-0.25, -0.2) is 0 Å². The summed E-state index contributed by atoms with van der Waals surface area (Å²) in [5.74, 6) is 1.25. The van der Waals surface area contributed by atoms with Crippen LogP contribution in [0.3, 0.4) is 0 Å². The second kappa shape index (κ2) is 8.19. The summed E-state index contributed by atoms with van der Waals surface area (Å²) in [6.07, 6.45) is 2.57. The van der Waals surface area contributed by atoms with E-state index < -0.39 is 0 Å². The lowest BCUT2D eigenvalue weighted by Crippen LogP contribution is -2.45. The van der Waals surface area contributed by atoms with E-state index in [2.05, 4.69) is 42.9 Å². The molecule has 5 heteroatoms. The largest absolute Gasteiger partial charge is 0.370 e. The van der Waals surface area contributed by atoms with Gasteiger partial charge in [0.1, 0.15) is 0 Å². The summed E-state index contributed by atoms with van der Waals surface area (Å²) in [6, 6.07) is 0. The fourth-order valence-electron chi connectivity index (χ4n) is 2.24. The number of nitrogens with zero attached hydrogens (tertiary/aromatic N) is 2. The van der Waals surface area contributed by atoms with Crippen LogP contribution in [-0.4, -0.2) is 42.6 Å². The number of halogens is 1. The number of guanidine groups is 1. The van der Waals surface area contributed by atoms with E-state index in [1.165, 1.54) is 25.9 Å². The number of likely N-dealkylation sites (tertiary alicyclic amines) is 1. The van der Waals surface area contributed by atoms with Crippen molar-refractivity contribution in [3.8, 4) is 0 Å². The number of piperidine rings is 1. The van der Waals surface area contributed by atoms with Crippen LogP contribution in [0.5, 0.6) is 0 Å². The van der Waals surface area contributed by atoms with Crippen LogP contribution in [0.4, 0.5) is 0 Å². The van der Waals surface area contributed by atoms with Gasteiger partial charge in [-0.2, -0.15) is 0 Å². The average molecular weight is 368 g/mol. The van der Waals surface area contributed by atoms with Gasteiger partial charge >= 0.3 is 0 Å². The van der Waals surface area contributed by atoms with Gasteiger partial charge in [-0.15, -0.1) is 24.0 Å². The Kier molecular flexibility index (Phi) is 8.18. The standard InChI is InChI=1S/C13H28N4.HI/c1-5-17-8-6-7-11(10-17)9-15-12(14)16-13(2,3)4;/h11H,5-10H2,1-4H3,(H3,14,15,16);1H. The van der Waals surface area contributed by atoms with E-state index >= 15 is 0 Å². The van der Waals surface area contributed by atoms with Crippen LogP contribution < -0.4 is 11.1 Å². The fraction of sp³-hybridized carbons (Fsp3) is 0.923. The predicted molar refractivity (Wildman–Crippen MR) is 89.6 cm³/mol. The van der Waals surface area contributed by atoms with E-state index in [-0.39, 0.29) is 29.5 Å². The van der Waals surface area contributed by atoms with Crippen molar-refractivity contribution in [1.82, 2.24) is 10.2 Å². The molecular formula is C13H29IN4. The first-order valence-electron chi connectivity index (χ1n) is 6.71. The van der Waals surface area contributed by atoms with Crippen molar-refractivity contribution < 1.29 is 0 Å². The molecule has 1 fully saturated rings. The minimum absolute atomic E-state index is 0. The first-order valence-corrected chi connectivity index (χ1v) is 6.71. The minimum Gasteiger partial charge on any atom is -0.370 e. The summed E-state index contributed by atoms with van der Waals surface area (Å²) in [7, 11) is 0. The van der Waals surface area contributed by atoms with Crippen LogP contribution in [0.1, 0.15) is 40.5 Å². The highest BCUT2D eigenvalue weighted by Gasteiger charge is 2.18. The van der Waals surface area contributed by atoms with Gasteiger partial charge in [-0.1, -0.05) is 6.92 Å². The van der Waals surface area contributed by atoms with Crippen molar-refractivity contribution in [2.24, 2.45) is 16.6 Å². The van der Waals surface area contributed by atoms with Crippen molar-refractivity contribution in [2.75, 3.05) is 26.2 Å². The third-order valence-electron chi connectivity index (χ3n) is 3.07. The highest BCUT2D eigenvalue weighted by molar-refractivity contribution is 14.0. The monoisotopic (exact) mass is 368 g/mol. The quantitative estimate of drug-likeness (QED) is 0.455. The van der Waals surface area contributed by atoms with Crippen LogP contribution in [0, 0.1) is 5.92 Å². The smallest absolute Gasteiger partial charge is 0.188 e. The zero-order valence-electron chi connectivity index (χ0n) is 12.2. The lowest BCUT2D eigenvalue weighted by molar-refractivity contribution is 0.186. The number of aliphatic imine (C=N–C) groups is 1. The molecular weight excluding hydrogens is 339 g/mol. The fourth-order valence-corrected chi connectivity index (χ4v) is 2.24. The highest BCUT2D eigenvalue weighted by atomic mass is 127. The summed E-state index contributed by atoms with van der Waals surface area (Å²) < 4.78 is 0. The zero-order chi connectivity index (χ0) is 12.9. The van der Waals surface area contributed by atoms with Crippen molar-refractivity contribution in [3.63, 3.8) is 0 Å². The summed E-state index contributed by atoms with van der Waals surface area (Å²) in [5.41, 5.74) is 5.87. The van der Waals surface area contributed by atoms with Gasteiger partial charge in [-0.05, 0) is 52.6 Å². The van der Waals surface area contributed by atoms with E-state index in [0.717, 1.165) is 13.1 Å². The molecule has 0 saturated carbocycles. The molecule has 1 aliphatic heterocycles. The molecule has 0 aromatic heterocycles. The molecule has 3 N–H and O–H groups in total. The Morgan fingerprint density at radius 2 is 2.11 bits per heavy atom. The molecule has 1 saturated heterocycles. The molecule has 0 radical (unpaired) electrons. The van der Waals surface area contributed by atoms with E-state index in [1.807, 2.05) is 0 Å². The lowest BCUT2D eigenvalue weighted by Gasteiger charge is -2.31. The van der Waals surface area contributed by atoms with Crippen molar-refractivity contribution in [2.45, 2.75) is 46.1 Å². The summed E-state index contributed by atoms with van der Waals surface area (Å²) in [6.45, 7) is 12.9. The Hall–Kier alpha value is -0.0400. The van der Waals surface area contributed by atoms with Gasteiger partial charge in [0, 0.05) is 18.6 Å². The summed E-state index contributed by atoms with van der Waals surface area (Å²) in [4.78, 5) is 6.96. The number of nitrogens with one attached hydrogen (secondary N) is 1. The minimum atomic E-state index is -0.00436. The second-order valence-corrected chi connectivity index (χ2v) is 6.00. The molecule has 18 heavy (non-hydrogen) atoms. The van der Waals surface area contributed by atoms with Gasteiger partial charge in [-0.3, -0.25) is 4.99 Å². The van der Waals surface area contributed by atoms with Crippen LogP contribution >= 0.6 is 24.0 Å². The first-order chi connectivity index (χ1) is 7.90. The third kappa shape index (κ3) is 7.41. The Balaban J connectivity index is 0.00000289. The summed E-state index contributed by atoms with van der Waals surface area (Å²) in [5, 5.41) is 3.20. The molecule has 0 spiro atoms. The van der Waals surface area contributed by atoms with Gasteiger partial charge in [0.05, 0.1) is 0 Å². The molecule has 1 unspecified atom stereocenters. The molecule has 0 aromatic rings. The molecule has 0 aliphatic carbocycles. The molecule has 1 atom stereocenters. The van der Waals surface area contributed by atoms with E-state index in [0.29, 0.717) is 11.9 Å². The highest BCUT2D eigenvalue weighted by Crippen LogP contribution is 2.16. The Labute approximate surface area is 129 Å². The molecule has 1 heterocycles. The van der Waals surface area contributed by atoms with E-state index in [4.69, 9.17) is 5.73 Å². The number of rotatable bonds is 3. The number of hydrogen-bond donors (Lipinski definition) is 2. The Bertz CT molecular complexity index is 260. The molecule has 108 valence electrons. The van der Waals surface area contributed by atoms with Gasteiger partial charge in [0.2, 0.25) is 0 Å². The predicted octanol–water partition coefficient (Wildman–Crippen LogP) is 2.04. The molecule has 4 nitrogen and oxygen atoms in total. The van der Waals surface area contributed by atoms with E-state index in [9.17, 15) is 0 Å². The maximum atomic E-state index is 5.87. The van der Waals surface area contributed by atoms with Crippen LogP contribution in [0.2, 0.25) is 0 Å². The SMILES string of the molecule is CCN1CCCC(CN=C(N)NC(C)(C)C)C1.I. The maximum Gasteiger partial charge on any atom is 0.188 e. The molecule has 0 aromatic carbocycles. The van der Waals surface area contributed by atoms with Gasteiger partial charge in [0.25, 0.3) is 0 Å². The normalized spacial score (nSPS) is 22.4. The Morgan fingerprint density at radius 1 is 1.44 bits per heavy atom. The summed E-state index contributed by atoms with van der Waals surface area (Å²) >= 11 is 0. The van der Waals surface area contributed by atoms with Crippen molar-refractivity contribution >= 4 is 29.9 Å². The van der Waals surface area contributed by atoms with Crippen LogP contribution in [-0.2, 0) is 0 Å². The topological polar surface area (TPSA) is 53.6 Å². The van der Waals surface area contributed by atoms with E-state index in [1.54, 1.807) is 0 Å². The Morgan fingerprint density at radius 3 is 2.67 bits per heavy atom. The zero-order valence-corrected chi connectivity index (χ0v) is 14.5. The van der Waals surface area contributed by atoms with Gasteiger partial charge < -0.3 is 16.0 Å². The van der Waals surface area contributed by atoms with Crippen molar-refractivity contribution in [1.29, 1.82) is 0 Å². The maximum absolute atomic E-state index is 5.87. The molecule has 1 rings (SSSR count). The molecule has 0 bridgehead atoms. The molecule has 0 amide bonds. The van der Waals surface area contributed by atoms with Gasteiger partial charge in [0.15, 0.2) is 5.96 Å². The third-order valence-corrected chi connectivity index (χ3v) is 3.07. The van der Waals surface area contributed by atoms with Crippen molar-refractivity contribution in [3.05, 3.63) is 0 Å². The number of nitrogens with two attached hydrogens (primary N) is 1. The first kappa shape index (κ1) is 18.0.